The number of aliphatic hydroxyl groups excluding tert-OH is 2. The average molecular weight is 304 g/mol. The zero-order valence-corrected chi connectivity index (χ0v) is 14.4. The van der Waals surface area contributed by atoms with Gasteiger partial charge in [0.1, 0.15) is 6.79 Å². The van der Waals surface area contributed by atoms with Gasteiger partial charge in [0.25, 0.3) is 0 Å². The van der Waals surface area contributed by atoms with Gasteiger partial charge in [-0.15, -0.1) is 0 Å². The van der Waals surface area contributed by atoms with Crippen LogP contribution in [-0.4, -0.2) is 42.9 Å². The zero-order valence-electron chi connectivity index (χ0n) is 14.4. The predicted molar refractivity (Wildman–Crippen MR) is 86.2 cm³/mol. The Kier molecular flexibility index (Phi) is 13.4. The van der Waals surface area contributed by atoms with Gasteiger partial charge in [-0.3, -0.25) is 0 Å². The van der Waals surface area contributed by atoms with E-state index >= 15 is 0 Å². The fraction of sp³-hybridized carbons (Fsp3) is 1.00. The molecule has 4 heteroatoms. The number of ether oxygens (including phenoxy) is 2. The van der Waals surface area contributed by atoms with Crippen LogP contribution in [0, 0.1) is 11.8 Å². The summed E-state index contributed by atoms with van der Waals surface area (Å²) in [5.41, 5.74) is 0. The van der Waals surface area contributed by atoms with Crippen LogP contribution < -0.4 is 0 Å². The maximum absolute atomic E-state index is 10.2. The molecule has 2 N–H and O–H groups in total. The van der Waals surface area contributed by atoms with Gasteiger partial charge in [-0.25, -0.2) is 0 Å². The molecule has 0 aromatic rings. The smallest absolute Gasteiger partial charge is 0.146 e. The van der Waals surface area contributed by atoms with E-state index < -0.39 is 6.10 Å². The Labute approximate surface area is 130 Å². The molecular weight excluding hydrogens is 268 g/mol. The Morgan fingerprint density at radius 3 is 2.33 bits per heavy atom. The summed E-state index contributed by atoms with van der Waals surface area (Å²) in [4.78, 5) is 0. The minimum Gasteiger partial charge on any atom is -0.393 e. The average Bonchev–Trinajstić information content (AvgIpc) is 2.43. The van der Waals surface area contributed by atoms with Crippen molar-refractivity contribution in [3.8, 4) is 0 Å². The molecule has 0 fully saturated rings. The van der Waals surface area contributed by atoms with Gasteiger partial charge in [-0.05, 0) is 31.1 Å². The van der Waals surface area contributed by atoms with Gasteiger partial charge in [0.15, 0.2) is 0 Å². The van der Waals surface area contributed by atoms with E-state index in [-0.39, 0.29) is 12.0 Å². The van der Waals surface area contributed by atoms with Crippen molar-refractivity contribution in [2.75, 3.05) is 20.5 Å². The first kappa shape index (κ1) is 20.8. The van der Waals surface area contributed by atoms with Crippen molar-refractivity contribution in [1.82, 2.24) is 0 Å². The zero-order chi connectivity index (χ0) is 16.1. The Morgan fingerprint density at radius 1 is 1.00 bits per heavy atom. The van der Waals surface area contributed by atoms with Crippen molar-refractivity contribution >= 4 is 0 Å². The van der Waals surface area contributed by atoms with Gasteiger partial charge in [0.05, 0.1) is 18.8 Å². The van der Waals surface area contributed by atoms with E-state index in [2.05, 4.69) is 13.8 Å². The third-order valence-corrected chi connectivity index (χ3v) is 3.94. The summed E-state index contributed by atoms with van der Waals surface area (Å²) in [6.45, 7) is 7.29. The summed E-state index contributed by atoms with van der Waals surface area (Å²) < 4.78 is 10.2. The predicted octanol–water partition coefficient (Wildman–Crippen LogP) is 3.35. The molecule has 0 saturated carbocycles. The van der Waals surface area contributed by atoms with E-state index in [9.17, 15) is 10.2 Å². The highest BCUT2D eigenvalue weighted by Crippen LogP contribution is 2.20. The molecule has 0 spiro atoms. The molecule has 4 nitrogen and oxygen atoms in total. The lowest BCUT2D eigenvalue weighted by atomic mass is 9.89. The standard InChI is InChI=1S/C17H36O4/c1-5-6-7-8-9-16(18)11-17(19)15(3)10-14(2)12-21-13-20-4/h14-19H,5-13H2,1-4H3/t14-,15+,16+,17+/m0/s1. The number of methoxy groups -OCH3 is 1. The van der Waals surface area contributed by atoms with E-state index in [4.69, 9.17) is 9.47 Å². The first-order valence-corrected chi connectivity index (χ1v) is 8.44. The molecule has 0 unspecified atom stereocenters. The largest absolute Gasteiger partial charge is 0.393 e. The van der Waals surface area contributed by atoms with Gasteiger partial charge < -0.3 is 19.7 Å². The third kappa shape index (κ3) is 12.1. The summed E-state index contributed by atoms with van der Waals surface area (Å²) in [5.74, 6) is 0.558. The minimum atomic E-state index is -0.434. The Hall–Kier alpha value is -0.160. The van der Waals surface area contributed by atoms with Gasteiger partial charge in [0.2, 0.25) is 0 Å². The first-order chi connectivity index (χ1) is 10.0. The first-order valence-electron chi connectivity index (χ1n) is 8.44. The van der Waals surface area contributed by atoms with Crippen molar-refractivity contribution in [3.05, 3.63) is 0 Å². The van der Waals surface area contributed by atoms with Crippen LogP contribution in [0.15, 0.2) is 0 Å². The summed E-state index contributed by atoms with van der Waals surface area (Å²) in [6, 6.07) is 0. The van der Waals surface area contributed by atoms with Crippen LogP contribution in [0.1, 0.15) is 65.7 Å². The molecule has 0 bridgehead atoms. The van der Waals surface area contributed by atoms with E-state index in [0.29, 0.717) is 25.7 Å². The minimum absolute atomic E-state index is 0.177. The monoisotopic (exact) mass is 304 g/mol. The van der Waals surface area contributed by atoms with Gasteiger partial charge in [-0.1, -0.05) is 46.5 Å². The number of hydrogen-bond acceptors (Lipinski definition) is 4. The number of hydrogen-bond donors (Lipinski definition) is 2. The van der Waals surface area contributed by atoms with Gasteiger partial charge >= 0.3 is 0 Å². The van der Waals surface area contributed by atoms with Crippen molar-refractivity contribution in [2.24, 2.45) is 11.8 Å². The summed E-state index contributed by atoms with van der Waals surface area (Å²) >= 11 is 0. The molecule has 0 amide bonds. The molecule has 0 aromatic heterocycles. The molecule has 0 aliphatic carbocycles. The Bertz CT molecular complexity index is 223. The van der Waals surface area contributed by atoms with E-state index in [1.54, 1.807) is 7.11 Å². The van der Waals surface area contributed by atoms with Crippen LogP contribution in [0.4, 0.5) is 0 Å². The van der Waals surface area contributed by atoms with Crippen molar-refractivity contribution in [3.63, 3.8) is 0 Å². The number of aliphatic hydroxyl groups is 2. The lowest BCUT2D eigenvalue weighted by Crippen LogP contribution is -2.26. The molecule has 0 aliphatic rings. The number of unbranched alkanes of at least 4 members (excludes halogenated alkanes) is 3. The highest BCUT2D eigenvalue weighted by atomic mass is 16.7. The van der Waals surface area contributed by atoms with Crippen LogP contribution in [0.2, 0.25) is 0 Å². The van der Waals surface area contributed by atoms with Crippen LogP contribution in [-0.2, 0) is 9.47 Å². The quantitative estimate of drug-likeness (QED) is 0.382. The fourth-order valence-electron chi connectivity index (χ4n) is 2.63. The van der Waals surface area contributed by atoms with Crippen molar-refractivity contribution in [1.29, 1.82) is 0 Å². The molecule has 0 aliphatic heterocycles. The molecule has 0 aromatic carbocycles. The maximum Gasteiger partial charge on any atom is 0.146 e. The second-order valence-electron chi connectivity index (χ2n) is 6.40. The van der Waals surface area contributed by atoms with Crippen LogP contribution in [0.3, 0.4) is 0 Å². The SMILES string of the molecule is CCCCCC[C@@H](O)C[C@@H](O)[C@H](C)C[C@H](C)COCOC. The molecule has 4 atom stereocenters. The van der Waals surface area contributed by atoms with E-state index in [1.807, 2.05) is 6.92 Å². The topological polar surface area (TPSA) is 58.9 Å². The lowest BCUT2D eigenvalue weighted by Gasteiger charge is -2.24. The van der Waals surface area contributed by atoms with E-state index in [0.717, 1.165) is 19.3 Å². The molecule has 0 radical (unpaired) electrons. The van der Waals surface area contributed by atoms with Crippen LogP contribution in [0.25, 0.3) is 0 Å². The van der Waals surface area contributed by atoms with E-state index in [1.165, 1.54) is 19.3 Å². The normalized spacial score (nSPS) is 17.4. The highest BCUT2D eigenvalue weighted by Gasteiger charge is 2.20. The molecule has 0 heterocycles. The fourth-order valence-corrected chi connectivity index (χ4v) is 2.63. The third-order valence-electron chi connectivity index (χ3n) is 3.94. The number of rotatable bonds is 14. The van der Waals surface area contributed by atoms with Gasteiger partial charge in [-0.2, -0.15) is 0 Å². The molecule has 0 saturated heterocycles. The molecule has 128 valence electrons. The second kappa shape index (κ2) is 13.5. The van der Waals surface area contributed by atoms with Crippen LogP contribution >= 0.6 is 0 Å². The molecule has 0 rings (SSSR count). The second-order valence-corrected chi connectivity index (χ2v) is 6.40. The Balaban J connectivity index is 3.78. The van der Waals surface area contributed by atoms with Gasteiger partial charge in [0, 0.05) is 7.11 Å². The lowest BCUT2D eigenvalue weighted by molar-refractivity contribution is -0.0464. The highest BCUT2D eigenvalue weighted by molar-refractivity contribution is 4.71. The summed E-state index contributed by atoms with van der Waals surface area (Å²) in [7, 11) is 1.61. The molecular formula is C17H36O4. The Morgan fingerprint density at radius 2 is 1.71 bits per heavy atom. The van der Waals surface area contributed by atoms with Crippen LogP contribution in [0.5, 0.6) is 0 Å². The summed E-state index contributed by atoms with van der Waals surface area (Å²) in [6.07, 6.45) is 6.03. The molecule has 21 heavy (non-hydrogen) atoms. The van der Waals surface area contributed by atoms with Crippen molar-refractivity contribution < 1.29 is 19.7 Å². The maximum atomic E-state index is 10.2. The van der Waals surface area contributed by atoms with Crippen molar-refractivity contribution in [2.45, 2.75) is 77.9 Å². The summed E-state index contributed by atoms with van der Waals surface area (Å²) in [5, 5.41) is 20.2.